The van der Waals surface area contributed by atoms with E-state index in [9.17, 15) is 19.2 Å². The van der Waals surface area contributed by atoms with Crippen LogP contribution in [0.5, 0.6) is 0 Å². The summed E-state index contributed by atoms with van der Waals surface area (Å²) < 4.78 is 5.17. The number of benzene rings is 2. The first-order valence-corrected chi connectivity index (χ1v) is 11.2. The van der Waals surface area contributed by atoms with Gasteiger partial charge >= 0.3 is 11.9 Å². The summed E-state index contributed by atoms with van der Waals surface area (Å²) in [4.78, 5) is 47.3. The predicted octanol–water partition coefficient (Wildman–Crippen LogP) is 4.34. The largest absolute Gasteiger partial charge is 0.478 e. The number of ether oxygens (including phenoxy) is 1. The molecule has 0 radical (unpaired) electrons. The van der Waals surface area contributed by atoms with Crippen molar-refractivity contribution in [2.75, 3.05) is 17.2 Å². The average molecular weight is 471 g/mol. The minimum atomic E-state index is -1.20. The molecule has 0 spiro atoms. The van der Waals surface area contributed by atoms with E-state index in [0.717, 1.165) is 29.9 Å². The molecule has 33 heavy (non-hydrogen) atoms. The van der Waals surface area contributed by atoms with Gasteiger partial charge in [0.15, 0.2) is 0 Å². The monoisotopic (exact) mass is 470 g/mol. The second-order valence-electron chi connectivity index (χ2n) is 7.00. The van der Waals surface area contributed by atoms with Crippen LogP contribution in [0.3, 0.4) is 0 Å². The van der Waals surface area contributed by atoms with Gasteiger partial charge in [-0.15, -0.1) is 11.8 Å². The number of carbonyl (C=O) groups excluding carboxylic acids is 3. The molecule has 0 aliphatic rings. The first-order valence-electron chi connectivity index (χ1n) is 10.3. The van der Waals surface area contributed by atoms with Crippen LogP contribution in [0.4, 0.5) is 11.4 Å². The van der Waals surface area contributed by atoms with Crippen LogP contribution in [0.25, 0.3) is 0 Å². The van der Waals surface area contributed by atoms with E-state index in [4.69, 9.17) is 9.84 Å². The lowest BCUT2D eigenvalue weighted by Crippen LogP contribution is -2.22. The Hall–Kier alpha value is -3.59. The molecule has 0 aliphatic heterocycles. The van der Waals surface area contributed by atoms with E-state index in [1.54, 1.807) is 55.5 Å². The number of anilines is 2. The molecular weight excluding hydrogens is 444 g/mol. The molecule has 2 aromatic rings. The number of nitrogens with one attached hydrogen (secondary N) is 2. The number of aliphatic carboxylic acids is 1. The third-order valence-electron chi connectivity index (χ3n) is 4.30. The molecule has 2 amide bonds. The maximum Gasteiger partial charge on any atom is 0.338 e. The van der Waals surface area contributed by atoms with Crippen LogP contribution in [-0.4, -0.2) is 40.7 Å². The van der Waals surface area contributed by atoms with E-state index in [1.165, 1.54) is 11.8 Å². The third-order valence-corrected chi connectivity index (χ3v) is 5.41. The number of esters is 1. The van der Waals surface area contributed by atoms with Crippen LogP contribution >= 0.6 is 11.8 Å². The quantitative estimate of drug-likeness (QED) is 0.193. The summed E-state index contributed by atoms with van der Waals surface area (Å²) >= 11 is 1.34. The predicted molar refractivity (Wildman–Crippen MR) is 127 cm³/mol. The smallest absolute Gasteiger partial charge is 0.338 e. The molecule has 2 aromatic carbocycles. The van der Waals surface area contributed by atoms with Crippen molar-refractivity contribution in [2.24, 2.45) is 0 Å². The second-order valence-corrected chi connectivity index (χ2v) is 8.42. The van der Waals surface area contributed by atoms with Gasteiger partial charge in [-0.2, -0.15) is 0 Å². The summed E-state index contributed by atoms with van der Waals surface area (Å²) in [5, 5.41) is 13.5. The zero-order valence-corrected chi connectivity index (χ0v) is 19.2. The summed E-state index contributed by atoms with van der Waals surface area (Å²) in [6.45, 7) is 4.17. The fourth-order valence-electron chi connectivity index (χ4n) is 2.53. The van der Waals surface area contributed by atoms with Gasteiger partial charge in [0.1, 0.15) is 0 Å². The van der Waals surface area contributed by atoms with Crippen molar-refractivity contribution in [3.63, 3.8) is 0 Å². The highest BCUT2D eigenvalue weighted by Crippen LogP contribution is 2.25. The number of rotatable bonds is 11. The van der Waals surface area contributed by atoms with Gasteiger partial charge in [-0.3, -0.25) is 9.59 Å². The summed E-state index contributed by atoms with van der Waals surface area (Å²) in [5.41, 5.74) is 1.51. The molecule has 1 atom stereocenters. The molecule has 2 rings (SSSR count). The minimum Gasteiger partial charge on any atom is -0.478 e. The number of unbranched alkanes of at least 4 members (excludes halogenated alkanes) is 1. The molecular formula is C24H26N2O6S. The lowest BCUT2D eigenvalue weighted by molar-refractivity contribution is -0.131. The van der Waals surface area contributed by atoms with Gasteiger partial charge in [0.05, 0.1) is 17.4 Å². The molecule has 0 bridgehead atoms. The topological polar surface area (TPSA) is 122 Å². The summed E-state index contributed by atoms with van der Waals surface area (Å²) in [7, 11) is 0. The Morgan fingerprint density at radius 1 is 0.970 bits per heavy atom. The molecule has 9 heteroatoms. The first-order chi connectivity index (χ1) is 15.8. The second kappa shape index (κ2) is 13.1. The van der Waals surface area contributed by atoms with Crippen LogP contribution in [0.15, 0.2) is 65.6 Å². The fraction of sp³-hybridized carbons (Fsp3) is 0.250. The normalized spacial score (nSPS) is 11.6. The van der Waals surface area contributed by atoms with Crippen molar-refractivity contribution in [1.29, 1.82) is 0 Å². The Bertz CT molecular complexity index is 1000. The average Bonchev–Trinajstić information content (AvgIpc) is 2.79. The lowest BCUT2D eigenvalue weighted by atomic mass is 10.2. The van der Waals surface area contributed by atoms with Crippen molar-refractivity contribution in [3.05, 3.63) is 66.2 Å². The Morgan fingerprint density at radius 2 is 1.58 bits per heavy atom. The molecule has 0 fully saturated rings. The standard InChI is InChI=1S/C24H26N2O6S/c1-3-4-15-32-24(31)17-5-7-19(8-6-17)26-23(30)16(2)33-20-11-9-18(10-12-20)25-21(27)13-14-22(28)29/h5-14,16H,3-4,15H2,1-2H3,(H,25,27)(H,26,30)(H,28,29)/b14-13+. The van der Waals surface area contributed by atoms with Crippen LogP contribution < -0.4 is 10.6 Å². The number of hydrogen-bond donors (Lipinski definition) is 3. The van der Waals surface area contributed by atoms with Gasteiger partial charge in [0.25, 0.3) is 0 Å². The fourth-order valence-corrected chi connectivity index (χ4v) is 3.40. The summed E-state index contributed by atoms with van der Waals surface area (Å²) in [5.74, 6) is -2.34. The van der Waals surface area contributed by atoms with Crippen LogP contribution in [-0.2, 0) is 19.1 Å². The van der Waals surface area contributed by atoms with Gasteiger partial charge in [0, 0.05) is 28.4 Å². The molecule has 0 saturated heterocycles. The van der Waals surface area contributed by atoms with E-state index in [1.807, 2.05) is 6.92 Å². The van der Waals surface area contributed by atoms with Crippen LogP contribution in [0.1, 0.15) is 37.0 Å². The Kier molecular flexibility index (Phi) is 10.2. The first kappa shape index (κ1) is 25.7. The summed E-state index contributed by atoms with van der Waals surface area (Å²) in [6, 6.07) is 13.4. The minimum absolute atomic E-state index is 0.200. The van der Waals surface area contributed by atoms with Gasteiger partial charge in [-0.1, -0.05) is 13.3 Å². The zero-order chi connectivity index (χ0) is 24.2. The summed E-state index contributed by atoms with van der Waals surface area (Å²) in [6.07, 6.45) is 3.45. The van der Waals surface area contributed by atoms with Crippen LogP contribution in [0, 0.1) is 0 Å². The molecule has 0 aliphatic carbocycles. The number of amides is 2. The molecule has 174 valence electrons. The van der Waals surface area contributed by atoms with Gasteiger partial charge < -0.3 is 20.5 Å². The molecule has 0 heterocycles. The number of carbonyl (C=O) groups is 4. The van der Waals surface area contributed by atoms with E-state index in [-0.39, 0.29) is 11.9 Å². The van der Waals surface area contributed by atoms with Crippen molar-refractivity contribution in [2.45, 2.75) is 36.8 Å². The number of carboxylic acid groups (broad SMARTS) is 1. The molecule has 8 nitrogen and oxygen atoms in total. The molecule has 3 N–H and O–H groups in total. The van der Waals surface area contributed by atoms with Gasteiger partial charge in [0.2, 0.25) is 11.8 Å². The van der Waals surface area contributed by atoms with Crippen molar-refractivity contribution < 1.29 is 29.0 Å². The Labute approximate surface area is 196 Å². The Morgan fingerprint density at radius 3 is 2.18 bits per heavy atom. The van der Waals surface area contributed by atoms with Gasteiger partial charge in [-0.25, -0.2) is 9.59 Å². The molecule has 0 aromatic heterocycles. The number of hydrogen-bond acceptors (Lipinski definition) is 6. The van der Waals surface area contributed by atoms with E-state index >= 15 is 0 Å². The molecule has 0 saturated carbocycles. The highest BCUT2D eigenvalue weighted by Gasteiger charge is 2.15. The highest BCUT2D eigenvalue weighted by molar-refractivity contribution is 8.00. The maximum absolute atomic E-state index is 12.5. The van der Waals surface area contributed by atoms with Crippen LogP contribution in [0.2, 0.25) is 0 Å². The van der Waals surface area contributed by atoms with Crippen molar-refractivity contribution in [3.8, 4) is 0 Å². The third kappa shape index (κ3) is 9.20. The van der Waals surface area contributed by atoms with E-state index in [0.29, 0.717) is 23.5 Å². The zero-order valence-electron chi connectivity index (χ0n) is 18.4. The van der Waals surface area contributed by atoms with Gasteiger partial charge in [-0.05, 0) is 61.9 Å². The number of carboxylic acids is 1. The lowest BCUT2D eigenvalue weighted by Gasteiger charge is -2.13. The van der Waals surface area contributed by atoms with E-state index < -0.39 is 17.1 Å². The van der Waals surface area contributed by atoms with Crippen molar-refractivity contribution >= 4 is 46.9 Å². The van der Waals surface area contributed by atoms with E-state index in [2.05, 4.69) is 10.6 Å². The SMILES string of the molecule is CCCCOC(=O)c1ccc(NC(=O)C(C)Sc2ccc(NC(=O)/C=C/C(=O)O)cc2)cc1. The maximum atomic E-state index is 12.5. The number of thioether (sulfide) groups is 1. The highest BCUT2D eigenvalue weighted by atomic mass is 32.2. The van der Waals surface area contributed by atoms with Crippen molar-refractivity contribution in [1.82, 2.24) is 0 Å². The Balaban J connectivity index is 1.85. The molecule has 1 unspecified atom stereocenters.